The minimum atomic E-state index is -4.31. The van der Waals surface area contributed by atoms with Crippen LogP contribution in [0, 0.1) is 6.92 Å². The summed E-state index contributed by atoms with van der Waals surface area (Å²) < 4.78 is 37.9. The fourth-order valence-electron chi connectivity index (χ4n) is 3.44. The Balaban J connectivity index is 1.43. The maximum absolute atomic E-state index is 12.6. The third-order valence-corrected chi connectivity index (χ3v) is 5.06. The number of H-pyrrole nitrogens is 1. The number of benzene rings is 1. The molecule has 3 heterocycles. The number of hydrogen-bond donors (Lipinski definition) is 2. The van der Waals surface area contributed by atoms with Gasteiger partial charge < -0.3 is 10.3 Å². The number of fused-ring (bicyclic) bond motifs is 1. The van der Waals surface area contributed by atoms with Gasteiger partial charge in [-0.25, -0.2) is 4.98 Å². The fourth-order valence-corrected chi connectivity index (χ4v) is 3.44. The van der Waals surface area contributed by atoms with Crippen LogP contribution in [0.5, 0.6) is 0 Å². The molecule has 2 aromatic heterocycles. The molecule has 2 N–H and O–H groups in total. The van der Waals surface area contributed by atoms with E-state index in [1.165, 1.54) is 22.9 Å². The number of pyridine rings is 1. The van der Waals surface area contributed by atoms with E-state index in [0.29, 0.717) is 12.4 Å². The molecule has 7 heteroatoms. The molecule has 0 saturated carbocycles. The van der Waals surface area contributed by atoms with Crippen LogP contribution in [0.4, 0.5) is 19.0 Å². The van der Waals surface area contributed by atoms with E-state index >= 15 is 0 Å². The SMILES string of the molecule is Cc1nc(NCc2ccc(C(F)(F)F)cc2)ccc1Cc1c[nH]c2c1=CCCN=2. The monoisotopic (exact) mass is 398 g/mol. The van der Waals surface area contributed by atoms with Crippen molar-refractivity contribution in [3.05, 3.63) is 81.2 Å². The molecule has 0 unspecified atom stereocenters. The summed E-state index contributed by atoms with van der Waals surface area (Å²) in [4.78, 5) is 12.3. The smallest absolute Gasteiger partial charge is 0.366 e. The molecule has 0 atom stereocenters. The summed E-state index contributed by atoms with van der Waals surface area (Å²) in [7, 11) is 0. The lowest BCUT2D eigenvalue weighted by Crippen LogP contribution is -2.28. The molecule has 1 aliphatic rings. The van der Waals surface area contributed by atoms with Gasteiger partial charge in [0, 0.05) is 36.6 Å². The van der Waals surface area contributed by atoms with Gasteiger partial charge in [0.1, 0.15) is 11.3 Å². The fraction of sp³-hybridized carbons (Fsp3) is 0.273. The zero-order valence-electron chi connectivity index (χ0n) is 16.0. The zero-order valence-corrected chi connectivity index (χ0v) is 16.0. The van der Waals surface area contributed by atoms with Gasteiger partial charge >= 0.3 is 6.18 Å². The van der Waals surface area contributed by atoms with Crippen molar-refractivity contribution in [2.24, 2.45) is 4.99 Å². The van der Waals surface area contributed by atoms with Gasteiger partial charge in [0.2, 0.25) is 0 Å². The third-order valence-electron chi connectivity index (χ3n) is 5.06. The molecular formula is C22H21F3N4. The first kappa shape index (κ1) is 19.2. The van der Waals surface area contributed by atoms with E-state index in [9.17, 15) is 13.2 Å². The van der Waals surface area contributed by atoms with E-state index in [2.05, 4.69) is 26.4 Å². The Morgan fingerprint density at radius 3 is 2.59 bits per heavy atom. The van der Waals surface area contributed by atoms with Gasteiger partial charge in [-0.2, -0.15) is 13.2 Å². The van der Waals surface area contributed by atoms with Gasteiger partial charge in [-0.3, -0.25) is 4.99 Å². The van der Waals surface area contributed by atoms with Crippen molar-refractivity contribution in [1.82, 2.24) is 9.97 Å². The second kappa shape index (κ2) is 7.73. The summed E-state index contributed by atoms with van der Waals surface area (Å²) >= 11 is 0. The highest BCUT2D eigenvalue weighted by Gasteiger charge is 2.29. The maximum atomic E-state index is 12.6. The lowest BCUT2D eigenvalue weighted by Gasteiger charge is -2.11. The Bertz CT molecular complexity index is 1130. The van der Waals surface area contributed by atoms with Crippen LogP contribution in [0.15, 0.2) is 47.6 Å². The van der Waals surface area contributed by atoms with Crippen LogP contribution in [0.3, 0.4) is 0 Å². The molecule has 150 valence electrons. The third kappa shape index (κ3) is 4.34. The minimum absolute atomic E-state index is 0.408. The molecule has 0 amide bonds. The standard InChI is InChI=1S/C22H21F3N4/c1-14-16(11-17-13-28-21-19(17)3-2-10-26-21)6-9-20(29-14)27-12-15-4-7-18(8-5-15)22(23,24)25/h3-9,13H,2,10-12H2,1H3,(H,26,28)(H,27,29). The van der Waals surface area contributed by atoms with E-state index in [1.54, 1.807) is 0 Å². The number of rotatable bonds is 5. The summed E-state index contributed by atoms with van der Waals surface area (Å²) in [5.74, 6) is 0.698. The number of aromatic nitrogens is 2. The Hall–Kier alpha value is -3.09. The van der Waals surface area contributed by atoms with Gasteiger partial charge in [-0.05, 0) is 48.2 Å². The van der Waals surface area contributed by atoms with Crippen LogP contribution in [0.1, 0.15) is 34.4 Å². The quantitative estimate of drug-likeness (QED) is 0.688. The predicted molar refractivity (Wildman–Crippen MR) is 106 cm³/mol. The first-order chi connectivity index (χ1) is 13.9. The second-order valence-corrected chi connectivity index (χ2v) is 7.12. The number of nitrogens with one attached hydrogen (secondary N) is 2. The number of anilines is 1. The molecule has 29 heavy (non-hydrogen) atoms. The number of aryl methyl sites for hydroxylation is 1. The van der Waals surface area contributed by atoms with E-state index < -0.39 is 11.7 Å². The van der Waals surface area contributed by atoms with Crippen molar-refractivity contribution >= 4 is 11.9 Å². The van der Waals surface area contributed by atoms with Crippen molar-refractivity contribution < 1.29 is 13.2 Å². The predicted octanol–water partition coefficient (Wildman–Crippen LogP) is 3.74. The molecule has 0 saturated heterocycles. The molecule has 1 aliphatic heterocycles. The van der Waals surface area contributed by atoms with Crippen LogP contribution in [0.2, 0.25) is 0 Å². The minimum Gasteiger partial charge on any atom is -0.366 e. The molecule has 4 nitrogen and oxygen atoms in total. The molecule has 0 fully saturated rings. The Morgan fingerprint density at radius 2 is 1.86 bits per heavy atom. The van der Waals surface area contributed by atoms with E-state index in [-0.39, 0.29) is 0 Å². The molecule has 0 bridgehead atoms. The summed E-state index contributed by atoms with van der Waals surface area (Å²) in [5, 5.41) is 4.36. The van der Waals surface area contributed by atoms with Crippen LogP contribution in [-0.2, 0) is 19.1 Å². The number of halogens is 3. The van der Waals surface area contributed by atoms with Crippen LogP contribution in [0.25, 0.3) is 6.08 Å². The average molecular weight is 398 g/mol. The van der Waals surface area contributed by atoms with Crippen molar-refractivity contribution in [2.75, 3.05) is 11.9 Å². The summed E-state index contributed by atoms with van der Waals surface area (Å²) in [5.41, 5.74) is 4.33. The Kier molecular flexibility index (Phi) is 5.13. The largest absolute Gasteiger partial charge is 0.416 e. The number of nitrogens with zero attached hydrogens (tertiary/aromatic N) is 2. The van der Waals surface area contributed by atoms with Crippen molar-refractivity contribution in [2.45, 2.75) is 32.5 Å². The van der Waals surface area contributed by atoms with Gasteiger partial charge in [-0.1, -0.05) is 24.3 Å². The first-order valence-corrected chi connectivity index (χ1v) is 9.47. The number of hydrogen-bond acceptors (Lipinski definition) is 3. The lowest BCUT2D eigenvalue weighted by atomic mass is 10.0. The average Bonchev–Trinajstić information content (AvgIpc) is 3.11. The highest BCUT2D eigenvalue weighted by molar-refractivity contribution is 5.42. The Labute approximate surface area is 166 Å². The van der Waals surface area contributed by atoms with Gasteiger partial charge in [0.15, 0.2) is 0 Å². The van der Waals surface area contributed by atoms with Crippen molar-refractivity contribution in [3.63, 3.8) is 0 Å². The van der Waals surface area contributed by atoms with E-state index in [4.69, 9.17) is 0 Å². The van der Waals surface area contributed by atoms with Crippen molar-refractivity contribution in [3.8, 4) is 0 Å². The molecule has 1 aromatic carbocycles. The Morgan fingerprint density at radius 1 is 1.07 bits per heavy atom. The second-order valence-electron chi connectivity index (χ2n) is 7.12. The zero-order chi connectivity index (χ0) is 20.4. The molecule has 0 spiro atoms. The van der Waals surface area contributed by atoms with Crippen LogP contribution < -0.4 is 16.0 Å². The van der Waals surface area contributed by atoms with E-state index in [0.717, 1.165) is 53.8 Å². The van der Waals surface area contributed by atoms with Crippen LogP contribution >= 0.6 is 0 Å². The van der Waals surface area contributed by atoms with Gasteiger partial charge in [-0.15, -0.1) is 0 Å². The van der Waals surface area contributed by atoms with E-state index in [1.807, 2.05) is 25.3 Å². The molecule has 3 aromatic rings. The molecule has 0 radical (unpaired) electrons. The molecule has 0 aliphatic carbocycles. The number of alkyl halides is 3. The molecule has 4 rings (SSSR count). The van der Waals surface area contributed by atoms with Gasteiger partial charge in [0.05, 0.1) is 5.56 Å². The topological polar surface area (TPSA) is 53.1 Å². The number of aromatic amines is 1. The van der Waals surface area contributed by atoms with Crippen LogP contribution in [-0.4, -0.2) is 16.5 Å². The lowest BCUT2D eigenvalue weighted by molar-refractivity contribution is -0.137. The van der Waals surface area contributed by atoms with Gasteiger partial charge in [0.25, 0.3) is 0 Å². The molecular weight excluding hydrogens is 377 g/mol. The summed E-state index contributed by atoms with van der Waals surface area (Å²) in [6.45, 7) is 3.20. The normalized spacial score (nSPS) is 13.4. The summed E-state index contributed by atoms with van der Waals surface area (Å²) in [6.07, 6.45) is 1.64. The maximum Gasteiger partial charge on any atom is 0.416 e. The highest BCUT2D eigenvalue weighted by Crippen LogP contribution is 2.29. The first-order valence-electron chi connectivity index (χ1n) is 9.47. The summed E-state index contributed by atoms with van der Waals surface area (Å²) in [6, 6.07) is 9.09. The van der Waals surface area contributed by atoms with Crippen molar-refractivity contribution in [1.29, 1.82) is 0 Å². The highest BCUT2D eigenvalue weighted by atomic mass is 19.4.